The van der Waals surface area contributed by atoms with Crippen molar-refractivity contribution in [2.24, 2.45) is 0 Å². The first-order chi connectivity index (χ1) is 8.04. The van der Waals surface area contributed by atoms with Crippen LogP contribution < -0.4 is 14.8 Å². The molecule has 1 rings (SSSR count). The molecule has 0 aromatic carbocycles. The van der Waals surface area contributed by atoms with Crippen LogP contribution in [0.3, 0.4) is 0 Å². The molecule has 1 fully saturated rings. The highest BCUT2D eigenvalue weighted by atomic mass is 32.2. The predicted octanol–water partition coefficient (Wildman–Crippen LogP) is -0.411. The van der Waals surface area contributed by atoms with Crippen LogP contribution in [0.15, 0.2) is 0 Å². The first-order valence-electron chi connectivity index (χ1n) is 6.02. The van der Waals surface area contributed by atoms with E-state index in [0.29, 0.717) is 19.7 Å². The molecule has 102 valence electrons. The van der Waals surface area contributed by atoms with Crippen molar-refractivity contribution in [3.63, 3.8) is 0 Å². The Bertz CT molecular complexity index is 313. The highest BCUT2D eigenvalue weighted by molar-refractivity contribution is 7.87. The molecule has 0 amide bonds. The van der Waals surface area contributed by atoms with Gasteiger partial charge in [-0.15, -0.1) is 0 Å². The maximum absolute atomic E-state index is 11.6. The summed E-state index contributed by atoms with van der Waals surface area (Å²) in [5.74, 6) is 0. The fourth-order valence-corrected chi connectivity index (χ4v) is 3.03. The third-order valence-electron chi connectivity index (χ3n) is 2.90. The molecule has 7 heteroatoms. The third kappa shape index (κ3) is 4.89. The van der Waals surface area contributed by atoms with Crippen molar-refractivity contribution >= 4 is 10.2 Å². The number of nitrogens with one attached hydrogen (secondary N) is 3. The van der Waals surface area contributed by atoms with Crippen LogP contribution in [0.5, 0.6) is 0 Å². The Labute approximate surface area is 104 Å². The van der Waals surface area contributed by atoms with Crippen LogP contribution in [-0.2, 0) is 14.9 Å². The Hall–Kier alpha value is -0.210. The minimum Gasteiger partial charge on any atom is -0.383 e. The summed E-state index contributed by atoms with van der Waals surface area (Å²) in [4.78, 5) is 0. The van der Waals surface area contributed by atoms with Gasteiger partial charge in [-0.1, -0.05) is 6.92 Å². The van der Waals surface area contributed by atoms with E-state index in [9.17, 15) is 8.42 Å². The second kappa shape index (κ2) is 6.65. The van der Waals surface area contributed by atoms with Gasteiger partial charge in [0.25, 0.3) is 10.2 Å². The van der Waals surface area contributed by atoms with Gasteiger partial charge in [-0.25, -0.2) is 9.44 Å². The maximum atomic E-state index is 11.6. The molecule has 0 saturated carbocycles. The Morgan fingerprint density at radius 2 is 2.18 bits per heavy atom. The van der Waals surface area contributed by atoms with Crippen LogP contribution in [0.4, 0.5) is 0 Å². The average molecular weight is 265 g/mol. The number of rotatable bonds is 8. The molecule has 1 atom stereocenters. The normalized spacial score (nSPS) is 25.3. The zero-order valence-electron chi connectivity index (χ0n) is 10.6. The first-order valence-corrected chi connectivity index (χ1v) is 7.50. The summed E-state index contributed by atoms with van der Waals surface area (Å²) in [6, 6.07) is 0. The van der Waals surface area contributed by atoms with Crippen molar-refractivity contribution in [1.29, 1.82) is 0 Å². The number of hydrogen-bond acceptors (Lipinski definition) is 4. The molecule has 0 spiro atoms. The zero-order chi connectivity index (χ0) is 12.8. The summed E-state index contributed by atoms with van der Waals surface area (Å²) in [6.07, 6.45) is 2.76. The monoisotopic (exact) mass is 265 g/mol. The van der Waals surface area contributed by atoms with Gasteiger partial charge in [0.1, 0.15) is 0 Å². The van der Waals surface area contributed by atoms with Crippen molar-refractivity contribution < 1.29 is 13.2 Å². The molecule has 3 N–H and O–H groups in total. The van der Waals surface area contributed by atoms with E-state index in [2.05, 4.69) is 14.8 Å². The van der Waals surface area contributed by atoms with Crippen LogP contribution in [0, 0.1) is 0 Å². The lowest BCUT2D eigenvalue weighted by atomic mass is 9.99. The molecule has 1 aliphatic rings. The van der Waals surface area contributed by atoms with E-state index in [0.717, 1.165) is 25.8 Å². The molecular formula is C10H23N3O3S. The van der Waals surface area contributed by atoms with Crippen LogP contribution in [0.25, 0.3) is 0 Å². The SMILES string of the molecule is CCCNS(=O)(=O)NCC1(COC)CCCN1. The van der Waals surface area contributed by atoms with Crippen LogP contribution >= 0.6 is 0 Å². The van der Waals surface area contributed by atoms with Crippen LogP contribution in [0.1, 0.15) is 26.2 Å². The molecule has 1 aliphatic heterocycles. The van der Waals surface area contributed by atoms with Gasteiger partial charge in [0, 0.05) is 20.2 Å². The predicted molar refractivity (Wildman–Crippen MR) is 67.1 cm³/mol. The lowest BCUT2D eigenvalue weighted by Crippen LogP contribution is -2.54. The number of methoxy groups -OCH3 is 1. The highest BCUT2D eigenvalue weighted by Gasteiger charge is 2.34. The van der Waals surface area contributed by atoms with Gasteiger partial charge in [0.05, 0.1) is 12.1 Å². The van der Waals surface area contributed by atoms with Crippen molar-refractivity contribution in [1.82, 2.24) is 14.8 Å². The molecule has 0 aromatic rings. The summed E-state index contributed by atoms with van der Waals surface area (Å²) in [5.41, 5.74) is -0.254. The first kappa shape index (κ1) is 14.8. The second-order valence-electron chi connectivity index (χ2n) is 4.46. The second-order valence-corrected chi connectivity index (χ2v) is 6.05. The highest BCUT2D eigenvalue weighted by Crippen LogP contribution is 2.18. The molecule has 0 bridgehead atoms. The van der Waals surface area contributed by atoms with Gasteiger partial charge in [0.2, 0.25) is 0 Å². The van der Waals surface area contributed by atoms with Gasteiger partial charge in [-0.05, 0) is 25.8 Å². The summed E-state index contributed by atoms with van der Waals surface area (Å²) in [5, 5.41) is 3.32. The van der Waals surface area contributed by atoms with Crippen molar-refractivity contribution in [2.45, 2.75) is 31.7 Å². The molecule has 1 unspecified atom stereocenters. The molecular weight excluding hydrogens is 242 g/mol. The Morgan fingerprint density at radius 1 is 1.41 bits per heavy atom. The van der Waals surface area contributed by atoms with E-state index in [1.54, 1.807) is 7.11 Å². The Balaban J connectivity index is 2.46. The van der Waals surface area contributed by atoms with Gasteiger partial charge in [-0.3, -0.25) is 0 Å². The van der Waals surface area contributed by atoms with Crippen molar-refractivity contribution in [3.8, 4) is 0 Å². The zero-order valence-corrected chi connectivity index (χ0v) is 11.4. The van der Waals surface area contributed by atoms with Crippen molar-refractivity contribution in [2.75, 3.05) is 33.4 Å². The van der Waals surface area contributed by atoms with E-state index >= 15 is 0 Å². The summed E-state index contributed by atoms with van der Waals surface area (Å²) < 4.78 is 33.4. The van der Waals surface area contributed by atoms with Gasteiger partial charge in [0.15, 0.2) is 0 Å². The van der Waals surface area contributed by atoms with Crippen molar-refractivity contribution in [3.05, 3.63) is 0 Å². The average Bonchev–Trinajstić information content (AvgIpc) is 2.74. The maximum Gasteiger partial charge on any atom is 0.276 e. The van der Waals surface area contributed by atoms with E-state index in [4.69, 9.17) is 4.74 Å². The summed E-state index contributed by atoms with van der Waals surface area (Å²) >= 11 is 0. The quantitative estimate of drug-likeness (QED) is 0.557. The fourth-order valence-electron chi connectivity index (χ4n) is 1.99. The van der Waals surface area contributed by atoms with E-state index in [-0.39, 0.29) is 5.54 Å². The Morgan fingerprint density at radius 3 is 2.71 bits per heavy atom. The van der Waals surface area contributed by atoms with Gasteiger partial charge >= 0.3 is 0 Å². The molecule has 0 radical (unpaired) electrons. The van der Waals surface area contributed by atoms with E-state index < -0.39 is 10.2 Å². The topological polar surface area (TPSA) is 79.5 Å². The van der Waals surface area contributed by atoms with Gasteiger partial charge in [-0.2, -0.15) is 8.42 Å². The standard InChI is InChI=1S/C10H23N3O3S/c1-3-6-12-17(14,15)13-8-10(9-16-2)5-4-7-11-10/h11-13H,3-9H2,1-2H3. The minimum absolute atomic E-state index is 0.254. The van der Waals surface area contributed by atoms with Crippen LogP contribution in [-0.4, -0.2) is 47.3 Å². The fraction of sp³-hybridized carbons (Fsp3) is 1.00. The molecule has 1 heterocycles. The van der Waals surface area contributed by atoms with E-state index in [1.165, 1.54) is 0 Å². The number of hydrogen-bond donors (Lipinski definition) is 3. The molecule has 17 heavy (non-hydrogen) atoms. The lowest BCUT2D eigenvalue weighted by Gasteiger charge is -2.28. The Kier molecular flexibility index (Phi) is 5.81. The van der Waals surface area contributed by atoms with Gasteiger partial charge < -0.3 is 10.1 Å². The largest absolute Gasteiger partial charge is 0.383 e. The molecule has 6 nitrogen and oxygen atoms in total. The molecule has 0 aromatic heterocycles. The summed E-state index contributed by atoms with van der Waals surface area (Å²) in [7, 11) is -1.75. The lowest BCUT2D eigenvalue weighted by molar-refractivity contribution is 0.122. The number of ether oxygens (including phenoxy) is 1. The minimum atomic E-state index is -3.38. The third-order valence-corrected chi connectivity index (χ3v) is 4.00. The summed E-state index contributed by atoms with van der Waals surface area (Å²) in [6.45, 7) is 4.17. The van der Waals surface area contributed by atoms with E-state index in [1.807, 2.05) is 6.92 Å². The smallest absolute Gasteiger partial charge is 0.276 e. The van der Waals surface area contributed by atoms with Crippen LogP contribution in [0.2, 0.25) is 0 Å². The molecule has 1 saturated heterocycles. The molecule has 0 aliphatic carbocycles.